The second kappa shape index (κ2) is 9.72. The number of amides is 2. The molecule has 1 heterocycles. The van der Waals surface area contributed by atoms with Crippen LogP contribution in [0.1, 0.15) is 34.6 Å². The van der Waals surface area contributed by atoms with Crippen molar-refractivity contribution in [1.29, 1.82) is 0 Å². The summed E-state index contributed by atoms with van der Waals surface area (Å²) in [5.41, 5.74) is 0. The van der Waals surface area contributed by atoms with Crippen LogP contribution in [-0.4, -0.2) is 67.9 Å². The summed E-state index contributed by atoms with van der Waals surface area (Å²) < 4.78 is 10.5. The molecule has 0 saturated carbocycles. The fourth-order valence-corrected chi connectivity index (χ4v) is 2.75. The van der Waals surface area contributed by atoms with Gasteiger partial charge in [0.15, 0.2) is 0 Å². The zero-order valence-corrected chi connectivity index (χ0v) is 14.9. The maximum absolute atomic E-state index is 12.3. The van der Waals surface area contributed by atoms with E-state index in [1.165, 1.54) is 0 Å². The third kappa shape index (κ3) is 7.18. The van der Waals surface area contributed by atoms with Crippen LogP contribution >= 0.6 is 0 Å². The second-order valence-corrected chi connectivity index (χ2v) is 6.39. The molecule has 2 N–H and O–H groups in total. The van der Waals surface area contributed by atoms with Crippen molar-refractivity contribution in [2.24, 2.45) is 5.92 Å². The summed E-state index contributed by atoms with van der Waals surface area (Å²) in [6, 6.07) is -0.586. The molecule has 0 aliphatic carbocycles. The highest BCUT2D eigenvalue weighted by molar-refractivity contribution is 5.85. The third-order valence-corrected chi connectivity index (χ3v) is 3.72. The van der Waals surface area contributed by atoms with Crippen LogP contribution in [0.3, 0.4) is 0 Å². The molecule has 0 unspecified atom stereocenters. The van der Waals surface area contributed by atoms with E-state index in [1.807, 2.05) is 13.8 Å². The van der Waals surface area contributed by atoms with E-state index in [-0.39, 0.29) is 30.6 Å². The topological polar surface area (TPSA) is 79.9 Å². The van der Waals surface area contributed by atoms with Crippen molar-refractivity contribution in [3.63, 3.8) is 0 Å². The fourth-order valence-electron chi connectivity index (χ4n) is 2.75. The predicted molar refractivity (Wildman–Crippen MR) is 88.2 cm³/mol. The Morgan fingerprint density at radius 3 is 2.39 bits per heavy atom. The largest absolute Gasteiger partial charge is 0.450 e. The van der Waals surface area contributed by atoms with Gasteiger partial charge in [0.25, 0.3) is 0 Å². The van der Waals surface area contributed by atoms with Gasteiger partial charge >= 0.3 is 6.09 Å². The number of nitrogens with one attached hydrogen (secondary N) is 2. The Kier molecular flexibility index (Phi) is 8.33. The number of hydrogen-bond donors (Lipinski definition) is 2. The number of hydrogen-bond acceptors (Lipinski definition) is 5. The van der Waals surface area contributed by atoms with Gasteiger partial charge in [-0.2, -0.15) is 0 Å². The van der Waals surface area contributed by atoms with Gasteiger partial charge in [-0.15, -0.1) is 0 Å². The monoisotopic (exact) mass is 329 g/mol. The second-order valence-electron chi connectivity index (χ2n) is 6.39. The van der Waals surface area contributed by atoms with Crippen LogP contribution in [0.15, 0.2) is 0 Å². The molecule has 7 nitrogen and oxygen atoms in total. The normalized spacial score (nSPS) is 23.4. The molecule has 1 aliphatic rings. The van der Waals surface area contributed by atoms with Gasteiger partial charge in [-0.1, -0.05) is 13.8 Å². The van der Waals surface area contributed by atoms with Crippen LogP contribution in [0.5, 0.6) is 0 Å². The van der Waals surface area contributed by atoms with Crippen LogP contribution in [0, 0.1) is 5.92 Å². The average molecular weight is 329 g/mol. The summed E-state index contributed by atoms with van der Waals surface area (Å²) >= 11 is 0. The standard InChI is InChI=1S/C16H31N3O4/c1-6-22-16(21)18-14(11(2)3)15(20)17-7-8-19-9-12(4)23-13(5)10-19/h11-14H,6-10H2,1-5H3,(H,17,20)(H,18,21)/t12-,13-,14+/m1/s1. The first-order chi connectivity index (χ1) is 10.8. The van der Waals surface area contributed by atoms with Gasteiger partial charge in [-0.25, -0.2) is 4.79 Å². The number of alkyl carbamates (subject to hydrolysis) is 1. The lowest BCUT2D eigenvalue weighted by Crippen LogP contribution is -2.52. The SMILES string of the molecule is CCOC(=O)N[C@H](C(=O)NCCN1C[C@@H](C)O[C@H](C)C1)C(C)C. The highest BCUT2D eigenvalue weighted by Crippen LogP contribution is 2.09. The summed E-state index contributed by atoms with van der Waals surface area (Å²) in [4.78, 5) is 26.1. The number of ether oxygens (including phenoxy) is 2. The van der Waals surface area contributed by atoms with Crippen molar-refractivity contribution in [2.75, 3.05) is 32.8 Å². The molecule has 3 atom stereocenters. The van der Waals surface area contributed by atoms with Crippen LogP contribution in [0.4, 0.5) is 4.79 Å². The quantitative estimate of drug-likeness (QED) is 0.728. The molecule has 2 amide bonds. The van der Waals surface area contributed by atoms with Gasteiger partial charge in [0.05, 0.1) is 18.8 Å². The molecular formula is C16H31N3O4. The highest BCUT2D eigenvalue weighted by atomic mass is 16.5. The lowest BCUT2D eigenvalue weighted by atomic mass is 10.0. The molecule has 1 saturated heterocycles. The summed E-state index contributed by atoms with van der Waals surface area (Å²) in [5, 5.41) is 5.51. The van der Waals surface area contributed by atoms with Gasteiger partial charge in [-0.3, -0.25) is 9.69 Å². The molecule has 0 aromatic heterocycles. The van der Waals surface area contributed by atoms with Gasteiger partial charge in [0, 0.05) is 26.2 Å². The van der Waals surface area contributed by atoms with Crippen LogP contribution < -0.4 is 10.6 Å². The Morgan fingerprint density at radius 2 is 1.87 bits per heavy atom. The lowest BCUT2D eigenvalue weighted by Gasteiger charge is -2.35. The minimum absolute atomic E-state index is 0.0113. The number of carbonyl (C=O) groups excluding carboxylic acids is 2. The van der Waals surface area contributed by atoms with Crippen LogP contribution in [0.2, 0.25) is 0 Å². The first-order valence-corrected chi connectivity index (χ1v) is 8.42. The molecule has 134 valence electrons. The first kappa shape index (κ1) is 19.7. The Morgan fingerprint density at radius 1 is 1.26 bits per heavy atom. The smallest absolute Gasteiger partial charge is 0.407 e. The van der Waals surface area contributed by atoms with Crippen LogP contribution in [-0.2, 0) is 14.3 Å². The van der Waals surface area contributed by atoms with E-state index in [0.717, 1.165) is 19.6 Å². The number of carbonyl (C=O) groups is 2. The molecule has 0 radical (unpaired) electrons. The Labute approximate surface area is 139 Å². The molecule has 1 aliphatic heterocycles. The van der Waals surface area contributed by atoms with Gasteiger partial charge in [-0.05, 0) is 26.7 Å². The van der Waals surface area contributed by atoms with Crippen molar-refractivity contribution in [3.05, 3.63) is 0 Å². The van der Waals surface area contributed by atoms with Crippen molar-refractivity contribution in [1.82, 2.24) is 15.5 Å². The van der Waals surface area contributed by atoms with Crippen molar-refractivity contribution in [3.8, 4) is 0 Å². The third-order valence-electron chi connectivity index (χ3n) is 3.72. The summed E-state index contributed by atoms with van der Waals surface area (Å²) in [7, 11) is 0. The van der Waals surface area contributed by atoms with E-state index in [2.05, 4.69) is 29.4 Å². The summed E-state index contributed by atoms with van der Waals surface area (Å²) in [5.74, 6) is -0.190. The van der Waals surface area contributed by atoms with Gasteiger partial charge in [0.1, 0.15) is 6.04 Å². The minimum Gasteiger partial charge on any atom is -0.450 e. The fraction of sp³-hybridized carbons (Fsp3) is 0.875. The van der Waals surface area contributed by atoms with E-state index in [0.29, 0.717) is 6.54 Å². The Hall–Kier alpha value is -1.34. The summed E-state index contributed by atoms with van der Waals surface area (Å²) in [6.07, 6.45) is -0.135. The number of morpholine rings is 1. The van der Waals surface area contributed by atoms with Crippen molar-refractivity contribution < 1.29 is 19.1 Å². The lowest BCUT2D eigenvalue weighted by molar-refractivity contribution is -0.124. The molecule has 0 spiro atoms. The molecule has 0 bridgehead atoms. The Balaban J connectivity index is 2.38. The van der Waals surface area contributed by atoms with E-state index in [9.17, 15) is 9.59 Å². The summed E-state index contributed by atoms with van der Waals surface area (Å²) in [6.45, 7) is 13.0. The van der Waals surface area contributed by atoms with E-state index in [4.69, 9.17) is 9.47 Å². The number of nitrogens with zero attached hydrogens (tertiary/aromatic N) is 1. The molecule has 7 heteroatoms. The van der Waals surface area contributed by atoms with Crippen molar-refractivity contribution >= 4 is 12.0 Å². The molecule has 23 heavy (non-hydrogen) atoms. The zero-order valence-electron chi connectivity index (χ0n) is 14.9. The maximum atomic E-state index is 12.3. The first-order valence-electron chi connectivity index (χ1n) is 8.42. The molecule has 0 aromatic rings. The Bertz CT molecular complexity index is 380. The zero-order chi connectivity index (χ0) is 17.4. The molecule has 1 rings (SSSR count). The molecule has 0 aromatic carbocycles. The van der Waals surface area contributed by atoms with E-state index >= 15 is 0 Å². The number of rotatable bonds is 7. The van der Waals surface area contributed by atoms with Crippen molar-refractivity contribution in [2.45, 2.75) is 52.9 Å². The predicted octanol–water partition coefficient (Wildman–Crippen LogP) is 0.983. The maximum Gasteiger partial charge on any atom is 0.407 e. The molecular weight excluding hydrogens is 298 g/mol. The van der Waals surface area contributed by atoms with E-state index in [1.54, 1.807) is 6.92 Å². The minimum atomic E-state index is -0.586. The highest BCUT2D eigenvalue weighted by Gasteiger charge is 2.25. The van der Waals surface area contributed by atoms with Gasteiger partial charge < -0.3 is 20.1 Å². The van der Waals surface area contributed by atoms with Gasteiger partial charge in [0.2, 0.25) is 5.91 Å². The average Bonchev–Trinajstić information content (AvgIpc) is 2.43. The van der Waals surface area contributed by atoms with Crippen LogP contribution in [0.25, 0.3) is 0 Å². The van der Waals surface area contributed by atoms with E-state index < -0.39 is 12.1 Å². The molecule has 1 fully saturated rings.